The van der Waals surface area contributed by atoms with E-state index in [0.717, 1.165) is 38.4 Å². The Labute approximate surface area is 107 Å². The maximum absolute atomic E-state index is 11.0. The molecule has 1 aliphatic rings. The maximum Gasteiger partial charge on any atom is 0.0620 e. The largest absolute Gasteiger partial charge is 0.379 e. The van der Waals surface area contributed by atoms with Gasteiger partial charge in [-0.3, -0.25) is 4.21 Å². The van der Waals surface area contributed by atoms with E-state index in [2.05, 4.69) is 24.5 Å². The van der Waals surface area contributed by atoms with Crippen LogP contribution in [0.4, 0.5) is 0 Å². The third kappa shape index (κ3) is 7.13. The molecule has 0 radical (unpaired) electrons. The Morgan fingerprint density at radius 2 is 2.24 bits per heavy atom. The first kappa shape index (κ1) is 15.1. The molecule has 0 bridgehead atoms. The highest BCUT2D eigenvalue weighted by molar-refractivity contribution is 7.84. The Morgan fingerprint density at radius 1 is 1.47 bits per heavy atom. The van der Waals surface area contributed by atoms with E-state index in [1.807, 2.05) is 0 Å². The number of morpholine rings is 1. The Morgan fingerprint density at radius 3 is 2.82 bits per heavy atom. The lowest BCUT2D eigenvalue weighted by Gasteiger charge is -2.28. The molecule has 1 aliphatic heterocycles. The molecule has 1 rings (SSSR count). The van der Waals surface area contributed by atoms with Gasteiger partial charge in [-0.15, -0.1) is 0 Å². The number of hydrogen-bond donors (Lipinski definition) is 2. The third-order valence-corrected chi connectivity index (χ3v) is 3.85. The SMILES string of the molecule is CC(CCS(C)=O)NC(C)CC1COCCN1. The van der Waals surface area contributed by atoms with E-state index in [1.165, 1.54) is 0 Å². The summed E-state index contributed by atoms with van der Waals surface area (Å²) in [5.41, 5.74) is 0. The fraction of sp³-hybridized carbons (Fsp3) is 1.00. The Hall–Kier alpha value is 0.0300. The van der Waals surface area contributed by atoms with Crippen molar-refractivity contribution < 1.29 is 8.95 Å². The van der Waals surface area contributed by atoms with E-state index in [0.29, 0.717) is 18.1 Å². The number of ether oxygens (including phenoxy) is 1. The van der Waals surface area contributed by atoms with Crippen molar-refractivity contribution in [2.24, 2.45) is 0 Å². The Bertz CT molecular complexity index is 233. The molecule has 0 aromatic heterocycles. The Kier molecular flexibility index (Phi) is 7.27. The van der Waals surface area contributed by atoms with Gasteiger partial charge in [0.25, 0.3) is 0 Å². The van der Waals surface area contributed by atoms with Gasteiger partial charge in [0, 0.05) is 47.5 Å². The van der Waals surface area contributed by atoms with Crippen LogP contribution in [-0.4, -0.2) is 54.1 Å². The highest BCUT2D eigenvalue weighted by Crippen LogP contribution is 2.04. The summed E-state index contributed by atoms with van der Waals surface area (Å²) in [5, 5.41) is 7.01. The van der Waals surface area contributed by atoms with Gasteiger partial charge in [0.2, 0.25) is 0 Å². The summed E-state index contributed by atoms with van der Waals surface area (Å²) in [6.07, 6.45) is 3.82. The molecule has 0 amide bonds. The summed E-state index contributed by atoms with van der Waals surface area (Å²) in [6.45, 7) is 6.97. The van der Waals surface area contributed by atoms with Crippen molar-refractivity contribution in [2.45, 2.75) is 44.8 Å². The summed E-state index contributed by atoms with van der Waals surface area (Å²) >= 11 is 0. The predicted molar refractivity (Wildman–Crippen MR) is 72.8 cm³/mol. The molecule has 0 saturated carbocycles. The van der Waals surface area contributed by atoms with Crippen LogP contribution in [0.5, 0.6) is 0 Å². The number of rotatable bonds is 7. The quantitative estimate of drug-likeness (QED) is 0.701. The fourth-order valence-corrected chi connectivity index (χ4v) is 2.86. The minimum atomic E-state index is -0.680. The van der Waals surface area contributed by atoms with Gasteiger partial charge in [-0.2, -0.15) is 0 Å². The topological polar surface area (TPSA) is 50.4 Å². The van der Waals surface area contributed by atoms with E-state index >= 15 is 0 Å². The fourth-order valence-electron chi connectivity index (χ4n) is 2.18. The molecule has 4 atom stereocenters. The first-order valence-corrected chi connectivity index (χ1v) is 8.18. The smallest absolute Gasteiger partial charge is 0.0620 e. The van der Waals surface area contributed by atoms with Crippen molar-refractivity contribution >= 4 is 10.8 Å². The molecule has 0 aromatic carbocycles. The van der Waals surface area contributed by atoms with Crippen molar-refractivity contribution in [3.05, 3.63) is 0 Å². The van der Waals surface area contributed by atoms with Crippen molar-refractivity contribution in [3.8, 4) is 0 Å². The van der Waals surface area contributed by atoms with E-state index in [-0.39, 0.29) is 0 Å². The van der Waals surface area contributed by atoms with Gasteiger partial charge in [0.15, 0.2) is 0 Å². The van der Waals surface area contributed by atoms with Gasteiger partial charge in [-0.1, -0.05) is 0 Å². The third-order valence-electron chi connectivity index (χ3n) is 3.04. The lowest BCUT2D eigenvalue weighted by atomic mass is 10.1. The van der Waals surface area contributed by atoms with Crippen LogP contribution in [0.15, 0.2) is 0 Å². The summed E-state index contributed by atoms with van der Waals surface area (Å²) in [4.78, 5) is 0. The molecule has 5 heteroatoms. The summed E-state index contributed by atoms with van der Waals surface area (Å²) in [5.74, 6) is 0.783. The van der Waals surface area contributed by atoms with Gasteiger partial charge >= 0.3 is 0 Å². The van der Waals surface area contributed by atoms with Gasteiger partial charge in [0.05, 0.1) is 13.2 Å². The minimum Gasteiger partial charge on any atom is -0.379 e. The van der Waals surface area contributed by atoms with Crippen molar-refractivity contribution in [1.29, 1.82) is 0 Å². The zero-order chi connectivity index (χ0) is 12.7. The molecule has 0 spiro atoms. The molecule has 4 unspecified atom stereocenters. The van der Waals surface area contributed by atoms with Crippen LogP contribution in [0.1, 0.15) is 26.7 Å². The van der Waals surface area contributed by atoms with Crippen molar-refractivity contribution in [3.63, 3.8) is 0 Å². The molecule has 1 fully saturated rings. The highest BCUT2D eigenvalue weighted by Gasteiger charge is 2.17. The first-order valence-electron chi connectivity index (χ1n) is 6.45. The van der Waals surface area contributed by atoms with Crippen LogP contribution in [0.25, 0.3) is 0 Å². The van der Waals surface area contributed by atoms with Gasteiger partial charge in [-0.05, 0) is 26.7 Å². The van der Waals surface area contributed by atoms with Crippen LogP contribution in [0, 0.1) is 0 Å². The van der Waals surface area contributed by atoms with Gasteiger partial charge < -0.3 is 15.4 Å². The molecule has 1 heterocycles. The Balaban J connectivity index is 2.14. The van der Waals surface area contributed by atoms with Gasteiger partial charge in [-0.25, -0.2) is 0 Å². The van der Waals surface area contributed by atoms with Crippen LogP contribution in [-0.2, 0) is 15.5 Å². The van der Waals surface area contributed by atoms with Crippen LogP contribution in [0.3, 0.4) is 0 Å². The van der Waals surface area contributed by atoms with Crippen LogP contribution >= 0.6 is 0 Å². The average Bonchev–Trinajstić information content (AvgIpc) is 2.27. The van der Waals surface area contributed by atoms with E-state index in [1.54, 1.807) is 6.26 Å². The lowest BCUT2D eigenvalue weighted by molar-refractivity contribution is 0.0708. The second-order valence-electron chi connectivity index (χ2n) is 5.00. The summed E-state index contributed by atoms with van der Waals surface area (Å²) in [7, 11) is -0.680. The molecule has 2 N–H and O–H groups in total. The minimum absolute atomic E-state index is 0.429. The summed E-state index contributed by atoms with van der Waals surface area (Å²) in [6, 6.07) is 1.37. The standard InChI is InChI=1S/C12H26N2O2S/c1-10(4-7-17(3)15)14-11(2)8-12-9-16-6-5-13-12/h10-14H,4-9H2,1-3H3. The van der Waals surface area contributed by atoms with Gasteiger partial charge in [0.1, 0.15) is 0 Å². The normalized spacial score (nSPS) is 26.4. The van der Waals surface area contributed by atoms with Crippen LogP contribution < -0.4 is 10.6 Å². The molecular formula is C12H26N2O2S. The second kappa shape index (κ2) is 8.19. The predicted octanol–water partition coefficient (Wildman–Crippen LogP) is 0.500. The highest BCUT2D eigenvalue weighted by atomic mass is 32.2. The average molecular weight is 262 g/mol. The van der Waals surface area contributed by atoms with E-state index < -0.39 is 10.8 Å². The molecule has 4 nitrogen and oxygen atoms in total. The molecule has 1 saturated heterocycles. The second-order valence-corrected chi connectivity index (χ2v) is 6.55. The first-order chi connectivity index (χ1) is 8.08. The molecular weight excluding hydrogens is 236 g/mol. The van der Waals surface area contributed by atoms with E-state index in [4.69, 9.17) is 4.74 Å². The molecule has 102 valence electrons. The van der Waals surface area contributed by atoms with Crippen molar-refractivity contribution in [1.82, 2.24) is 10.6 Å². The zero-order valence-corrected chi connectivity index (χ0v) is 12.0. The molecule has 17 heavy (non-hydrogen) atoms. The van der Waals surface area contributed by atoms with E-state index in [9.17, 15) is 4.21 Å². The molecule has 0 aromatic rings. The number of hydrogen-bond acceptors (Lipinski definition) is 4. The number of nitrogens with one attached hydrogen (secondary N) is 2. The monoisotopic (exact) mass is 262 g/mol. The van der Waals surface area contributed by atoms with Crippen molar-refractivity contribution in [2.75, 3.05) is 31.8 Å². The maximum atomic E-state index is 11.0. The summed E-state index contributed by atoms with van der Waals surface area (Å²) < 4.78 is 16.4. The molecule has 0 aliphatic carbocycles. The zero-order valence-electron chi connectivity index (χ0n) is 11.2. The lowest BCUT2D eigenvalue weighted by Crippen LogP contribution is -2.46. The van der Waals surface area contributed by atoms with Crippen LogP contribution in [0.2, 0.25) is 0 Å².